The van der Waals surface area contributed by atoms with E-state index in [2.05, 4.69) is 40.3 Å². The minimum Gasteiger partial charge on any atom is -0.665 e. The molecule has 0 atom stereocenters. The van der Waals surface area contributed by atoms with Crippen LogP contribution in [0.4, 0.5) is 0 Å². The van der Waals surface area contributed by atoms with Crippen LogP contribution in [0.2, 0.25) is 0 Å². The van der Waals surface area contributed by atoms with E-state index in [1.54, 1.807) is 14.1 Å². The van der Waals surface area contributed by atoms with E-state index < -0.39 is 0 Å². The van der Waals surface area contributed by atoms with E-state index in [-0.39, 0.29) is 25.8 Å². The van der Waals surface area contributed by atoms with Crippen LogP contribution in [0.1, 0.15) is 26.7 Å². The maximum atomic E-state index is 4.05. The van der Waals surface area contributed by atoms with Gasteiger partial charge in [0.25, 0.3) is 0 Å². The molecule has 0 heterocycles. The van der Waals surface area contributed by atoms with Crippen LogP contribution in [-0.4, -0.2) is 40.8 Å². The molecule has 19 heavy (non-hydrogen) atoms. The smallest absolute Gasteiger partial charge is 0 e. The molecule has 0 aromatic carbocycles. The Bertz CT molecular complexity index is 174. The fourth-order valence-electron chi connectivity index (χ4n) is 1.16. The molecule has 0 bridgehead atoms. The van der Waals surface area contributed by atoms with Crippen LogP contribution in [0, 0.1) is 5.92 Å². The fraction of sp³-hybridized carbons (Fsp3) is 0.733. The molecule has 112 valence electrons. The molecular formula is C15H30HfN3-3. The summed E-state index contributed by atoms with van der Waals surface area (Å²) in [5.41, 5.74) is 0. The van der Waals surface area contributed by atoms with Crippen LogP contribution in [-0.2, 0) is 25.8 Å². The summed E-state index contributed by atoms with van der Waals surface area (Å²) in [6.07, 6.45) is 11.2. The van der Waals surface area contributed by atoms with Gasteiger partial charge < -0.3 is 16.0 Å². The van der Waals surface area contributed by atoms with E-state index in [0.717, 1.165) is 19.6 Å². The first-order valence-electron chi connectivity index (χ1n) is 6.78. The zero-order valence-electron chi connectivity index (χ0n) is 13.3. The van der Waals surface area contributed by atoms with Gasteiger partial charge in [0.05, 0.1) is 0 Å². The molecule has 1 aliphatic carbocycles. The molecule has 0 aromatic heterocycles. The summed E-state index contributed by atoms with van der Waals surface area (Å²) >= 11 is 0. The van der Waals surface area contributed by atoms with Crippen molar-refractivity contribution in [3.63, 3.8) is 0 Å². The van der Waals surface area contributed by atoms with E-state index >= 15 is 0 Å². The zero-order chi connectivity index (χ0) is 14.1. The molecule has 0 N–H and O–H groups in total. The number of hydrogen-bond donors (Lipinski definition) is 0. The third-order valence-corrected chi connectivity index (χ3v) is 2.38. The van der Waals surface area contributed by atoms with Gasteiger partial charge in [-0.05, 0) is 12.3 Å². The second kappa shape index (κ2) is 23.3. The number of nitrogens with zero attached hydrogens (tertiary/aromatic N) is 3. The van der Waals surface area contributed by atoms with Crippen molar-refractivity contribution in [2.45, 2.75) is 26.7 Å². The zero-order valence-corrected chi connectivity index (χ0v) is 16.9. The second-order valence-corrected chi connectivity index (χ2v) is 3.88. The number of rotatable bonds is 6. The normalized spacial score (nSPS) is 12.1. The first-order chi connectivity index (χ1) is 8.76. The van der Waals surface area contributed by atoms with Gasteiger partial charge in [0.15, 0.2) is 0 Å². The van der Waals surface area contributed by atoms with Gasteiger partial charge in [-0.25, -0.2) is 0 Å². The second-order valence-electron chi connectivity index (χ2n) is 3.88. The minimum atomic E-state index is 0. The molecule has 0 unspecified atom stereocenters. The Morgan fingerprint density at radius 1 is 0.842 bits per heavy atom. The summed E-state index contributed by atoms with van der Waals surface area (Å²) in [5.74, 6) is 0.696. The molecule has 0 radical (unpaired) electrons. The molecule has 4 heteroatoms. The Kier molecular flexibility index (Phi) is 29.8. The summed E-state index contributed by atoms with van der Waals surface area (Å²) in [5, 5.41) is 11.5. The van der Waals surface area contributed by atoms with Crippen molar-refractivity contribution in [1.82, 2.24) is 0 Å². The average Bonchev–Trinajstić information content (AvgIpc) is 2.93. The molecule has 0 fully saturated rings. The van der Waals surface area contributed by atoms with Crippen LogP contribution in [0.15, 0.2) is 24.3 Å². The van der Waals surface area contributed by atoms with Gasteiger partial charge in [-0.1, -0.05) is 44.6 Å². The van der Waals surface area contributed by atoms with Crippen LogP contribution < -0.4 is 0 Å². The van der Waals surface area contributed by atoms with Crippen molar-refractivity contribution in [1.29, 1.82) is 0 Å². The molecule has 0 saturated carbocycles. The van der Waals surface area contributed by atoms with Crippen molar-refractivity contribution >= 4 is 0 Å². The van der Waals surface area contributed by atoms with Gasteiger partial charge in [0.2, 0.25) is 0 Å². The van der Waals surface area contributed by atoms with Crippen LogP contribution in [0.5, 0.6) is 0 Å². The van der Waals surface area contributed by atoms with E-state index in [9.17, 15) is 0 Å². The van der Waals surface area contributed by atoms with Crippen LogP contribution in [0.3, 0.4) is 0 Å². The molecule has 3 nitrogen and oxygen atoms in total. The maximum absolute atomic E-state index is 4.05. The average molecular weight is 431 g/mol. The molecule has 0 aliphatic heterocycles. The summed E-state index contributed by atoms with van der Waals surface area (Å²) < 4.78 is 0. The molecule has 0 aromatic rings. The monoisotopic (exact) mass is 432 g/mol. The van der Waals surface area contributed by atoms with E-state index in [4.69, 9.17) is 0 Å². The van der Waals surface area contributed by atoms with Crippen molar-refractivity contribution in [2.24, 2.45) is 5.92 Å². The Hall–Kier alpha value is 0.230. The third kappa shape index (κ3) is 23.7. The van der Waals surface area contributed by atoms with Gasteiger partial charge >= 0.3 is 0 Å². The SMILES string of the molecule is CC[N-]C.CC[N-]C.C[N-]CCCC1C=CC=C1.[Hf]. The van der Waals surface area contributed by atoms with E-state index in [1.165, 1.54) is 12.8 Å². The van der Waals surface area contributed by atoms with Crippen LogP contribution >= 0.6 is 0 Å². The summed E-state index contributed by atoms with van der Waals surface area (Å²) in [6.45, 7) is 6.93. The molecule has 0 saturated heterocycles. The van der Waals surface area contributed by atoms with Crippen molar-refractivity contribution < 1.29 is 25.8 Å². The van der Waals surface area contributed by atoms with Crippen molar-refractivity contribution in [3.05, 3.63) is 40.3 Å². The van der Waals surface area contributed by atoms with E-state index in [1.807, 2.05) is 20.9 Å². The van der Waals surface area contributed by atoms with Gasteiger partial charge in [0, 0.05) is 25.8 Å². The number of hydrogen-bond acceptors (Lipinski definition) is 0. The third-order valence-electron chi connectivity index (χ3n) is 2.38. The topological polar surface area (TPSA) is 42.3 Å². The Morgan fingerprint density at radius 3 is 1.58 bits per heavy atom. The van der Waals surface area contributed by atoms with Gasteiger partial charge in [-0.15, -0.1) is 6.54 Å². The van der Waals surface area contributed by atoms with E-state index in [0.29, 0.717) is 5.92 Å². The summed E-state index contributed by atoms with van der Waals surface area (Å²) in [6, 6.07) is 0. The van der Waals surface area contributed by atoms with Crippen LogP contribution in [0.25, 0.3) is 16.0 Å². The Balaban J connectivity index is -0.000000242. The minimum absolute atomic E-state index is 0. The molecular weight excluding hydrogens is 401 g/mol. The predicted octanol–water partition coefficient (Wildman–Crippen LogP) is 4.53. The van der Waals surface area contributed by atoms with Crippen molar-refractivity contribution in [3.8, 4) is 0 Å². The first kappa shape index (κ1) is 24.3. The van der Waals surface area contributed by atoms with Crippen molar-refractivity contribution in [2.75, 3.05) is 40.8 Å². The fourth-order valence-corrected chi connectivity index (χ4v) is 1.16. The molecule has 0 spiro atoms. The number of allylic oxidation sites excluding steroid dienone is 4. The van der Waals surface area contributed by atoms with Gasteiger partial charge in [-0.2, -0.15) is 34.2 Å². The first-order valence-corrected chi connectivity index (χ1v) is 6.78. The quantitative estimate of drug-likeness (QED) is 0.439. The maximum Gasteiger partial charge on any atom is 0 e. The Morgan fingerprint density at radius 2 is 1.26 bits per heavy atom. The molecule has 0 amide bonds. The Labute approximate surface area is 139 Å². The molecule has 1 aliphatic rings. The van der Waals surface area contributed by atoms with Gasteiger partial charge in [-0.3, -0.25) is 0 Å². The molecule has 1 rings (SSSR count). The van der Waals surface area contributed by atoms with Gasteiger partial charge in [0.1, 0.15) is 0 Å². The predicted molar refractivity (Wildman–Crippen MR) is 84.8 cm³/mol. The largest absolute Gasteiger partial charge is 0.665 e. The summed E-state index contributed by atoms with van der Waals surface area (Å²) in [4.78, 5) is 0. The standard InChI is InChI=1S/C9H14N.2C3H8N.Hf/c1-10-8-4-7-9-5-2-3-6-9;2*1-3-4-2;/h2-3,5-6,9H,4,7-8H2,1H3;2*3H2,1-2H3;/q3*-1;. The summed E-state index contributed by atoms with van der Waals surface area (Å²) in [7, 11) is 5.49.